The molecule has 0 saturated heterocycles. The normalized spacial score (nSPS) is 11.4. The van der Waals surface area contributed by atoms with Gasteiger partial charge in [0.1, 0.15) is 5.56 Å². The lowest BCUT2D eigenvalue weighted by Crippen LogP contribution is -2.21. The number of benzene rings is 1. The van der Waals surface area contributed by atoms with Crippen LogP contribution in [-0.2, 0) is 24.8 Å². The Kier molecular flexibility index (Phi) is 8.86. The van der Waals surface area contributed by atoms with E-state index in [-0.39, 0.29) is 5.56 Å². The van der Waals surface area contributed by atoms with Crippen molar-refractivity contribution in [3.63, 3.8) is 0 Å². The van der Waals surface area contributed by atoms with E-state index in [4.69, 9.17) is 9.90 Å². The Hall–Kier alpha value is -3.60. The number of fused-ring (bicyclic) bond motifs is 1. The van der Waals surface area contributed by atoms with Gasteiger partial charge in [-0.1, -0.05) is 26.8 Å². The van der Waals surface area contributed by atoms with E-state index in [0.29, 0.717) is 12.1 Å². The maximum Gasteiger partial charge on any atom is 0.490 e. The first-order valence-corrected chi connectivity index (χ1v) is 10.9. The van der Waals surface area contributed by atoms with E-state index in [0.717, 1.165) is 41.7 Å². The van der Waals surface area contributed by atoms with Gasteiger partial charge >= 0.3 is 18.1 Å². The van der Waals surface area contributed by atoms with Gasteiger partial charge in [0.2, 0.25) is 0 Å². The third-order valence-corrected chi connectivity index (χ3v) is 5.63. The molecule has 11 heteroatoms. The number of aromatic carboxylic acids is 1. The number of halogens is 3. The van der Waals surface area contributed by atoms with Gasteiger partial charge in [0.25, 0.3) is 5.56 Å². The zero-order valence-electron chi connectivity index (χ0n) is 19.9. The highest BCUT2D eigenvalue weighted by Gasteiger charge is 2.38. The van der Waals surface area contributed by atoms with Crippen molar-refractivity contribution in [2.45, 2.75) is 39.9 Å². The van der Waals surface area contributed by atoms with Crippen LogP contribution in [0.3, 0.4) is 0 Å². The molecule has 0 fully saturated rings. The Balaban J connectivity index is 0.000000540. The first-order valence-electron chi connectivity index (χ1n) is 10.9. The number of nitrogens with one attached hydrogen (secondary N) is 1. The summed E-state index contributed by atoms with van der Waals surface area (Å²) in [5.41, 5.74) is 3.99. The topological polar surface area (TPSA) is 116 Å². The van der Waals surface area contributed by atoms with Crippen LogP contribution in [0.25, 0.3) is 22.2 Å². The minimum atomic E-state index is -5.08. The maximum absolute atomic E-state index is 12.2. The number of aliphatic carboxylic acids is 1. The molecule has 1 aromatic carbocycles. The predicted octanol–water partition coefficient (Wildman–Crippen LogP) is 4.27. The van der Waals surface area contributed by atoms with Crippen LogP contribution >= 0.6 is 0 Å². The van der Waals surface area contributed by atoms with Crippen LogP contribution in [-0.4, -0.2) is 55.9 Å². The van der Waals surface area contributed by atoms with E-state index in [1.54, 1.807) is 0 Å². The fourth-order valence-electron chi connectivity index (χ4n) is 3.71. The summed E-state index contributed by atoms with van der Waals surface area (Å²) < 4.78 is 33.9. The maximum atomic E-state index is 12.2. The number of alkyl halides is 3. The molecule has 0 aliphatic rings. The van der Waals surface area contributed by atoms with Crippen molar-refractivity contribution in [1.82, 2.24) is 14.5 Å². The van der Waals surface area contributed by atoms with E-state index >= 15 is 0 Å². The molecule has 3 rings (SSSR count). The molecule has 0 aliphatic heterocycles. The number of nitrogens with zero attached hydrogens (tertiary/aromatic N) is 2. The van der Waals surface area contributed by atoms with Gasteiger partial charge < -0.3 is 19.8 Å². The van der Waals surface area contributed by atoms with Crippen LogP contribution < -0.4 is 5.56 Å². The van der Waals surface area contributed by atoms with Gasteiger partial charge in [0, 0.05) is 30.7 Å². The summed E-state index contributed by atoms with van der Waals surface area (Å²) in [7, 11) is 2.04. The summed E-state index contributed by atoms with van der Waals surface area (Å²) in [6, 6.07) is 7.62. The quantitative estimate of drug-likeness (QED) is 0.451. The van der Waals surface area contributed by atoms with Crippen molar-refractivity contribution in [2.24, 2.45) is 7.05 Å². The number of hydrogen-bond donors (Lipinski definition) is 3. The molecule has 2 heterocycles. The summed E-state index contributed by atoms with van der Waals surface area (Å²) in [6.45, 7) is 9.09. The average molecular weight is 495 g/mol. The van der Waals surface area contributed by atoms with Gasteiger partial charge in [0.05, 0.1) is 5.69 Å². The average Bonchev–Trinajstić information content (AvgIpc) is 3.11. The number of rotatable bonds is 7. The van der Waals surface area contributed by atoms with E-state index in [9.17, 15) is 27.9 Å². The van der Waals surface area contributed by atoms with E-state index in [1.807, 2.05) is 20.0 Å². The second kappa shape index (κ2) is 11.2. The summed E-state index contributed by atoms with van der Waals surface area (Å²) in [6.07, 6.45) is -2.30. The Bertz CT molecular complexity index is 1270. The van der Waals surface area contributed by atoms with Crippen molar-refractivity contribution in [1.29, 1.82) is 0 Å². The number of aromatic nitrogens is 2. The molecule has 0 saturated carbocycles. The summed E-state index contributed by atoms with van der Waals surface area (Å²) in [4.78, 5) is 37.6. The molecule has 8 nitrogen and oxygen atoms in total. The predicted molar refractivity (Wildman–Crippen MR) is 126 cm³/mol. The molecule has 3 aromatic rings. The van der Waals surface area contributed by atoms with Crippen molar-refractivity contribution in [3.05, 3.63) is 57.5 Å². The van der Waals surface area contributed by atoms with Crippen LogP contribution in [0.15, 0.2) is 35.3 Å². The molecule has 35 heavy (non-hydrogen) atoms. The third kappa shape index (κ3) is 6.50. The lowest BCUT2D eigenvalue weighted by molar-refractivity contribution is -0.192. The van der Waals surface area contributed by atoms with Crippen molar-refractivity contribution in [2.75, 3.05) is 13.1 Å². The Labute approximate surface area is 199 Å². The molecule has 0 unspecified atom stereocenters. The molecule has 0 atom stereocenters. The first kappa shape index (κ1) is 27.6. The molecular formula is C24H28F3N3O5. The minimum Gasteiger partial charge on any atom is -0.477 e. The monoisotopic (exact) mass is 495 g/mol. The lowest BCUT2D eigenvalue weighted by Gasteiger charge is -2.17. The van der Waals surface area contributed by atoms with Crippen molar-refractivity contribution in [3.8, 4) is 11.3 Å². The Morgan fingerprint density at radius 2 is 1.66 bits per heavy atom. The van der Waals surface area contributed by atoms with Crippen LogP contribution in [0.1, 0.15) is 42.3 Å². The highest BCUT2D eigenvalue weighted by Crippen LogP contribution is 2.29. The number of pyridine rings is 1. The highest BCUT2D eigenvalue weighted by atomic mass is 19.4. The fourth-order valence-corrected chi connectivity index (χ4v) is 3.71. The smallest absolute Gasteiger partial charge is 0.477 e. The molecule has 0 bridgehead atoms. The lowest BCUT2D eigenvalue weighted by atomic mass is 10.00. The summed E-state index contributed by atoms with van der Waals surface area (Å²) >= 11 is 0. The Morgan fingerprint density at radius 3 is 2.14 bits per heavy atom. The van der Waals surface area contributed by atoms with Gasteiger partial charge in [0.15, 0.2) is 0 Å². The molecule has 3 N–H and O–H groups in total. The second-order valence-electron chi connectivity index (χ2n) is 7.83. The molecule has 2 aromatic heterocycles. The molecule has 0 amide bonds. The number of aromatic amines is 1. The number of carboxylic acids is 2. The number of carbonyl (C=O) groups is 2. The molecule has 0 spiro atoms. The van der Waals surface area contributed by atoms with Gasteiger partial charge in [-0.2, -0.15) is 13.2 Å². The highest BCUT2D eigenvalue weighted by molar-refractivity contribution is 5.90. The number of hydrogen-bond acceptors (Lipinski definition) is 4. The molecule has 190 valence electrons. The van der Waals surface area contributed by atoms with E-state index in [1.165, 1.54) is 11.6 Å². The minimum absolute atomic E-state index is 0.219. The van der Waals surface area contributed by atoms with Crippen molar-refractivity contribution < 1.29 is 33.0 Å². The zero-order chi connectivity index (χ0) is 26.5. The SMILES string of the molecule is CCc1cc(C(=O)O)c(=O)[nH]c1-c1ccc2c(c1)c(CN(CC)CC)cn2C.O=C(O)C(F)(F)F. The molecule has 0 aliphatic carbocycles. The number of aryl methyl sites for hydroxylation is 2. The van der Waals surface area contributed by atoms with Crippen LogP contribution in [0, 0.1) is 0 Å². The van der Waals surface area contributed by atoms with E-state index < -0.39 is 23.7 Å². The van der Waals surface area contributed by atoms with Gasteiger partial charge in [-0.25, -0.2) is 9.59 Å². The van der Waals surface area contributed by atoms with Gasteiger partial charge in [-0.05, 0) is 54.4 Å². The van der Waals surface area contributed by atoms with Crippen molar-refractivity contribution >= 4 is 22.8 Å². The fraction of sp³-hybridized carbons (Fsp3) is 0.375. The summed E-state index contributed by atoms with van der Waals surface area (Å²) in [5.74, 6) is -3.96. The third-order valence-electron chi connectivity index (χ3n) is 5.63. The van der Waals surface area contributed by atoms with Gasteiger partial charge in [-0.15, -0.1) is 0 Å². The van der Waals surface area contributed by atoms with E-state index in [2.05, 4.69) is 46.6 Å². The van der Waals surface area contributed by atoms with Crippen LogP contribution in [0.5, 0.6) is 0 Å². The molecule has 0 radical (unpaired) electrons. The zero-order valence-corrected chi connectivity index (χ0v) is 19.9. The molecular weight excluding hydrogens is 467 g/mol. The second-order valence-corrected chi connectivity index (χ2v) is 7.83. The van der Waals surface area contributed by atoms with Gasteiger partial charge in [-0.3, -0.25) is 9.69 Å². The largest absolute Gasteiger partial charge is 0.490 e. The summed E-state index contributed by atoms with van der Waals surface area (Å²) in [5, 5.41) is 17.5. The number of carboxylic acid groups (broad SMARTS) is 2. The number of H-pyrrole nitrogens is 1. The van der Waals surface area contributed by atoms with Crippen LogP contribution in [0.4, 0.5) is 13.2 Å². The Morgan fingerprint density at radius 1 is 1.06 bits per heavy atom. The van der Waals surface area contributed by atoms with Crippen LogP contribution in [0.2, 0.25) is 0 Å². The standard InChI is InChI=1S/C22H27N3O3.C2HF3O2/c1-5-14-10-18(22(27)28)21(26)23-20(14)15-8-9-19-17(11-15)16(12-24(19)4)13-25(6-2)7-3;3-2(4,5)1(6)7/h8-12H,5-7,13H2,1-4H3,(H,23,26)(H,27,28);(H,6,7). The first-order chi connectivity index (χ1) is 16.3.